The van der Waals surface area contributed by atoms with Crippen LogP contribution in [0.1, 0.15) is 24.4 Å². The van der Waals surface area contributed by atoms with E-state index < -0.39 is 0 Å². The highest BCUT2D eigenvalue weighted by molar-refractivity contribution is 9.10. The zero-order valence-electron chi connectivity index (χ0n) is 11.0. The Morgan fingerprint density at radius 2 is 2.21 bits per heavy atom. The molecule has 0 aliphatic heterocycles. The molecule has 2 aromatic rings. The van der Waals surface area contributed by atoms with Crippen molar-refractivity contribution in [1.29, 1.82) is 0 Å². The van der Waals surface area contributed by atoms with E-state index in [1.807, 2.05) is 31.6 Å². The molecule has 3 nitrogen and oxygen atoms in total. The molecule has 0 fully saturated rings. The Balaban J connectivity index is 2.25. The second kappa shape index (κ2) is 6.55. The molecule has 0 saturated carbocycles. The lowest BCUT2D eigenvalue weighted by atomic mass is 10.0. The molecule has 0 aliphatic rings. The van der Waals surface area contributed by atoms with Crippen LogP contribution in [-0.2, 0) is 13.0 Å². The largest absolute Gasteiger partial charge is 0.335 e. The van der Waals surface area contributed by atoms with Gasteiger partial charge < -0.3 is 9.88 Å². The highest BCUT2D eigenvalue weighted by Crippen LogP contribution is 2.25. The van der Waals surface area contributed by atoms with Gasteiger partial charge in [0.2, 0.25) is 0 Å². The molecule has 1 heterocycles. The first kappa shape index (κ1) is 14.6. The monoisotopic (exact) mass is 341 g/mol. The molecule has 1 aromatic heterocycles. The van der Waals surface area contributed by atoms with Crippen molar-refractivity contribution in [2.45, 2.75) is 25.9 Å². The molecule has 0 saturated heterocycles. The van der Waals surface area contributed by atoms with Crippen LogP contribution < -0.4 is 5.32 Å². The van der Waals surface area contributed by atoms with Crippen molar-refractivity contribution in [2.24, 2.45) is 0 Å². The predicted octanol–water partition coefficient (Wildman–Crippen LogP) is 3.82. The Hall–Kier alpha value is -0.840. The predicted molar refractivity (Wildman–Crippen MR) is 82.6 cm³/mol. The van der Waals surface area contributed by atoms with Gasteiger partial charge in [0.1, 0.15) is 5.82 Å². The second-order valence-electron chi connectivity index (χ2n) is 4.38. The molecule has 5 heteroatoms. The second-order valence-corrected chi connectivity index (χ2v) is 5.73. The van der Waals surface area contributed by atoms with E-state index in [0.29, 0.717) is 0 Å². The van der Waals surface area contributed by atoms with Gasteiger partial charge >= 0.3 is 0 Å². The Morgan fingerprint density at radius 3 is 2.84 bits per heavy atom. The number of likely N-dealkylation sites (N-methyl/N-ethyl adjacent to an activating group) is 1. The number of hydrogen-bond acceptors (Lipinski definition) is 2. The topological polar surface area (TPSA) is 29.9 Å². The van der Waals surface area contributed by atoms with Crippen LogP contribution in [0.3, 0.4) is 0 Å². The summed E-state index contributed by atoms with van der Waals surface area (Å²) in [5.41, 5.74) is 1.16. The van der Waals surface area contributed by atoms with Gasteiger partial charge in [-0.25, -0.2) is 4.98 Å². The summed E-state index contributed by atoms with van der Waals surface area (Å²) in [7, 11) is 1.96. The van der Waals surface area contributed by atoms with Crippen molar-refractivity contribution in [2.75, 3.05) is 7.05 Å². The van der Waals surface area contributed by atoms with E-state index in [-0.39, 0.29) is 6.04 Å². The number of aryl methyl sites for hydroxylation is 1. The van der Waals surface area contributed by atoms with Crippen LogP contribution in [0, 0.1) is 0 Å². The van der Waals surface area contributed by atoms with Crippen molar-refractivity contribution in [3.05, 3.63) is 51.5 Å². The normalized spacial score (nSPS) is 12.6. The molecule has 0 amide bonds. The molecule has 0 aliphatic carbocycles. The van der Waals surface area contributed by atoms with Gasteiger partial charge in [0, 0.05) is 40.9 Å². The maximum absolute atomic E-state index is 6.11. The van der Waals surface area contributed by atoms with Crippen LogP contribution in [-0.4, -0.2) is 16.6 Å². The summed E-state index contributed by atoms with van der Waals surface area (Å²) in [4.78, 5) is 4.42. The molecule has 2 rings (SSSR count). The number of imidazole rings is 1. The number of aromatic nitrogens is 2. The molecule has 1 unspecified atom stereocenters. The molecule has 1 atom stereocenters. The van der Waals surface area contributed by atoms with Gasteiger partial charge in [0.05, 0.1) is 0 Å². The van der Waals surface area contributed by atoms with Crippen molar-refractivity contribution in [3.63, 3.8) is 0 Å². The summed E-state index contributed by atoms with van der Waals surface area (Å²) in [5.74, 6) is 1.08. The van der Waals surface area contributed by atoms with Gasteiger partial charge in [-0.15, -0.1) is 0 Å². The quantitative estimate of drug-likeness (QED) is 0.895. The lowest BCUT2D eigenvalue weighted by molar-refractivity contribution is 0.553. The number of nitrogens with one attached hydrogen (secondary N) is 1. The molecular formula is C14H17BrClN3. The third-order valence-electron chi connectivity index (χ3n) is 3.16. The summed E-state index contributed by atoms with van der Waals surface area (Å²) in [6.45, 7) is 3.06. The number of nitrogens with zero attached hydrogens (tertiary/aromatic N) is 2. The lowest BCUT2D eigenvalue weighted by Crippen LogP contribution is -2.20. The maximum atomic E-state index is 6.11. The fourth-order valence-electron chi connectivity index (χ4n) is 2.16. The van der Waals surface area contributed by atoms with Gasteiger partial charge in [-0.2, -0.15) is 0 Å². The highest BCUT2D eigenvalue weighted by Gasteiger charge is 2.14. The van der Waals surface area contributed by atoms with Crippen molar-refractivity contribution < 1.29 is 0 Å². The third kappa shape index (κ3) is 3.59. The summed E-state index contributed by atoms with van der Waals surface area (Å²) in [6, 6.07) is 6.17. The van der Waals surface area contributed by atoms with Gasteiger partial charge in [-0.1, -0.05) is 27.5 Å². The zero-order chi connectivity index (χ0) is 13.8. The SMILES string of the molecule is CCn1ccnc1CC(NC)c1cc(Cl)cc(Br)c1. The fraction of sp³-hybridized carbons (Fsp3) is 0.357. The first-order valence-electron chi connectivity index (χ1n) is 6.27. The minimum absolute atomic E-state index is 0.197. The zero-order valence-corrected chi connectivity index (χ0v) is 13.4. The minimum atomic E-state index is 0.197. The van der Waals surface area contributed by atoms with Crippen LogP contribution in [0.25, 0.3) is 0 Å². The average Bonchev–Trinajstić information content (AvgIpc) is 2.81. The standard InChI is InChI=1S/C14H17BrClN3/c1-3-19-5-4-18-14(19)9-13(17-2)10-6-11(15)8-12(16)7-10/h4-8,13,17H,3,9H2,1-2H3. The number of benzene rings is 1. The maximum Gasteiger partial charge on any atom is 0.110 e. The van der Waals surface area contributed by atoms with E-state index in [1.165, 1.54) is 0 Å². The van der Waals surface area contributed by atoms with E-state index in [9.17, 15) is 0 Å². The van der Waals surface area contributed by atoms with Gasteiger partial charge in [-0.3, -0.25) is 0 Å². The van der Waals surface area contributed by atoms with Crippen LogP contribution in [0.15, 0.2) is 35.1 Å². The molecule has 0 bridgehead atoms. The van der Waals surface area contributed by atoms with Crippen LogP contribution in [0.4, 0.5) is 0 Å². The number of rotatable bonds is 5. The van der Waals surface area contributed by atoms with Crippen LogP contribution >= 0.6 is 27.5 Å². The Morgan fingerprint density at radius 1 is 1.42 bits per heavy atom. The lowest BCUT2D eigenvalue weighted by Gasteiger charge is -2.17. The highest BCUT2D eigenvalue weighted by atomic mass is 79.9. The minimum Gasteiger partial charge on any atom is -0.335 e. The number of halogens is 2. The Bertz CT molecular complexity index is 533. The smallest absolute Gasteiger partial charge is 0.110 e. The molecule has 102 valence electrons. The van der Waals surface area contributed by atoms with E-state index in [0.717, 1.165) is 33.8 Å². The summed E-state index contributed by atoms with van der Waals surface area (Å²) < 4.78 is 3.15. The number of hydrogen-bond donors (Lipinski definition) is 1. The molecule has 1 aromatic carbocycles. The van der Waals surface area contributed by atoms with E-state index >= 15 is 0 Å². The van der Waals surface area contributed by atoms with Crippen LogP contribution in [0.5, 0.6) is 0 Å². The molecule has 19 heavy (non-hydrogen) atoms. The summed E-state index contributed by atoms with van der Waals surface area (Å²) in [6.07, 6.45) is 4.69. The van der Waals surface area contributed by atoms with Crippen LogP contribution in [0.2, 0.25) is 5.02 Å². The third-order valence-corrected chi connectivity index (χ3v) is 3.84. The van der Waals surface area contributed by atoms with E-state index in [1.54, 1.807) is 0 Å². The van der Waals surface area contributed by atoms with Gasteiger partial charge in [0.25, 0.3) is 0 Å². The van der Waals surface area contributed by atoms with E-state index in [2.05, 4.69) is 43.8 Å². The molecule has 0 radical (unpaired) electrons. The molecular weight excluding hydrogens is 326 g/mol. The average molecular weight is 343 g/mol. The van der Waals surface area contributed by atoms with Crippen molar-refractivity contribution >= 4 is 27.5 Å². The Labute approximate surface area is 127 Å². The van der Waals surface area contributed by atoms with E-state index in [4.69, 9.17) is 11.6 Å². The Kier molecular flexibility index (Phi) is 5.02. The fourth-order valence-corrected chi connectivity index (χ4v) is 3.05. The van der Waals surface area contributed by atoms with Gasteiger partial charge in [-0.05, 0) is 37.7 Å². The first-order chi connectivity index (χ1) is 9.13. The summed E-state index contributed by atoms with van der Waals surface area (Å²) >= 11 is 9.60. The van der Waals surface area contributed by atoms with Crippen molar-refractivity contribution in [3.8, 4) is 0 Å². The molecule has 0 spiro atoms. The van der Waals surface area contributed by atoms with Crippen molar-refractivity contribution in [1.82, 2.24) is 14.9 Å². The molecule has 1 N–H and O–H groups in total. The van der Waals surface area contributed by atoms with Gasteiger partial charge in [0.15, 0.2) is 0 Å². The first-order valence-corrected chi connectivity index (χ1v) is 7.44. The summed E-state index contributed by atoms with van der Waals surface area (Å²) in [5, 5.41) is 4.07.